The largest absolute Gasteiger partial charge is 0.397 e. The maximum atomic E-state index is 13.7. The van der Waals surface area contributed by atoms with E-state index >= 15 is 0 Å². The zero-order chi connectivity index (χ0) is 13.1. The van der Waals surface area contributed by atoms with E-state index in [1.54, 1.807) is 12.1 Å². The van der Waals surface area contributed by atoms with Gasteiger partial charge in [0.1, 0.15) is 11.9 Å². The Balaban J connectivity index is 2.66. The molecule has 0 aliphatic rings. The minimum absolute atomic E-state index is 0.0584. The molecule has 18 heavy (non-hydrogen) atoms. The number of hydrogen-bond donors (Lipinski definition) is 1. The molecule has 0 aliphatic carbocycles. The molecule has 0 atom stereocenters. The highest BCUT2D eigenvalue weighted by Crippen LogP contribution is 2.30. The van der Waals surface area contributed by atoms with Gasteiger partial charge in [0.05, 0.1) is 21.9 Å². The predicted octanol–water partition coefficient (Wildman–Crippen LogP) is 3.89. The summed E-state index contributed by atoms with van der Waals surface area (Å²) in [4.78, 5) is 0.689. The van der Waals surface area contributed by atoms with E-state index in [9.17, 15) is 4.39 Å². The van der Waals surface area contributed by atoms with Crippen LogP contribution >= 0.6 is 22.9 Å². The van der Waals surface area contributed by atoms with E-state index in [4.69, 9.17) is 22.6 Å². The van der Waals surface area contributed by atoms with Crippen molar-refractivity contribution in [2.75, 3.05) is 0 Å². The van der Waals surface area contributed by atoms with Crippen LogP contribution in [0.2, 0.25) is 5.02 Å². The first-order valence-corrected chi connectivity index (χ1v) is 6.29. The number of benzene rings is 1. The number of nitrogens with zero attached hydrogens (tertiary/aromatic N) is 1. The quantitative estimate of drug-likeness (QED) is 0.847. The zero-order valence-corrected chi connectivity index (χ0v) is 10.7. The van der Waals surface area contributed by atoms with Gasteiger partial charge < -0.3 is 5.73 Å². The second-order valence-corrected chi connectivity index (χ2v) is 4.83. The van der Waals surface area contributed by atoms with Gasteiger partial charge in [-0.3, -0.25) is 0 Å². The number of allylic oxidation sites excluding steroid dienone is 1. The first-order valence-electron chi connectivity index (χ1n) is 5.03. The van der Waals surface area contributed by atoms with Crippen LogP contribution in [-0.4, -0.2) is 0 Å². The molecule has 5 heteroatoms. The maximum absolute atomic E-state index is 13.7. The Kier molecular flexibility index (Phi) is 3.66. The van der Waals surface area contributed by atoms with Crippen molar-refractivity contribution >= 4 is 34.2 Å². The lowest BCUT2D eigenvalue weighted by Crippen LogP contribution is -2.03. The van der Waals surface area contributed by atoms with Gasteiger partial charge in [-0.25, -0.2) is 4.39 Å². The van der Waals surface area contributed by atoms with E-state index in [0.717, 1.165) is 0 Å². The molecule has 2 nitrogen and oxygen atoms in total. The summed E-state index contributed by atoms with van der Waals surface area (Å²) in [7, 11) is 0. The third-order valence-electron chi connectivity index (χ3n) is 2.38. The fourth-order valence-corrected chi connectivity index (χ4v) is 2.55. The van der Waals surface area contributed by atoms with Crippen LogP contribution in [0.1, 0.15) is 10.4 Å². The Morgan fingerprint density at radius 1 is 1.33 bits per heavy atom. The lowest BCUT2D eigenvalue weighted by Gasteiger charge is -2.08. The first-order chi connectivity index (χ1) is 8.65. The Hall–Kier alpha value is -1.83. The van der Waals surface area contributed by atoms with Crippen LogP contribution < -0.4 is 5.73 Å². The van der Waals surface area contributed by atoms with Crippen molar-refractivity contribution in [2.45, 2.75) is 0 Å². The molecule has 0 aliphatic heterocycles. The van der Waals surface area contributed by atoms with Gasteiger partial charge >= 0.3 is 0 Å². The molecule has 90 valence electrons. The maximum Gasteiger partial charge on any atom is 0.134 e. The third kappa shape index (κ3) is 2.23. The van der Waals surface area contributed by atoms with Gasteiger partial charge in [-0.15, -0.1) is 11.3 Å². The van der Waals surface area contributed by atoms with E-state index in [1.807, 2.05) is 11.4 Å². The van der Waals surface area contributed by atoms with Crippen molar-refractivity contribution in [3.05, 3.63) is 57.0 Å². The summed E-state index contributed by atoms with van der Waals surface area (Å²) in [5.41, 5.74) is 6.25. The van der Waals surface area contributed by atoms with E-state index < -0.39 is 5.82 Å². The van der Waals surface area contributed by atoms with Crippen LogP contribution in [0, 0.1) is 17.1 Å². The summed E-state index contributed by atoms with van der Waals surface area (Å²) in [6.45, 7) is 0. The van der Waals surface area contributed by atoms with Crippen LogP contribution in [0.5, 0.6) is 0 Å². The third-order valence-corrected chi connectivity index (χ3v) is 3.58. The van der Waals surface area contributed by atoms with E-state index in [0.29, 0.717) is 4.88 Å². The van der Waals surface area contributed by atoms with Gasteiger partial charge in [0.2, 0.25) is 0 Å². The van der Waals surface area contributed by atoms with Gasteiger partial charge in [0, 0.05) is 4.88 Å². The lowest BCUT2D eigenvalue weighted by molar-refractivity contribution is 0.624. The second kappa shape index (κ2) is 5.21. The molecule has 0 amide bonds. The number of nitriles is 1. The summed E-state index contributed by atoms with van der Waals surface area (Å²) in [5.74, 6) is -0.538. The Bertz CT molecular complexity index is 621. The van der Waals surface area contributed by atoms with Crippen molar-refractivity contribution in [3.8, 4) is 6.07 Å². The summed E-state index contributed by atoms with van der Waals surface area (Å²) in [6.07, 6.45) is 0. The molecule has 2 aromatic rings. The minimum Gasteiger partial charge on any atom is -0.397 e. The average Bonchev–Trinajstić information content (AvgIpc) is 2.83. The van der Waals surface area contributed by atoms with E-state index in [2.05, 4.69) is 0 Å². The fraction of sp³-hybridized carbons (Fsp3) is 0. The molecule has 0 fully saturated rings. The van der Waals surface area contributed by atoms with Crippen LogP contribution in [0.4, 0.5) is 4.39 Å². The zero-order valence-electron chi connectivity index (χ0n) is 9.15. The SMILES string of the molecule is N#C/C(=C(/N)c1c(F)cccc1Cl)c1cccs1. The molecule has 2 N–H and O–H groups in total. The van der Waals surface area contributed by atoms with Gasteiger partial charge in [-0.2, -0.15) is 5.26 Å². The molecule has 1 aromatic carbocycles. The van der Waals surface area contributed by atoms with Gasteiger partial charge in [-0.1, -0.05) is 23.7 Å². The number of hydrogen-bond acceptors (Lipinski definition) is 3. The van der Waals surface area contributed by atoms with Crippen LogP contribution in [-0.2, 0) is 0 Å². The van der Waals surface area contributed by atoms with Crippen LogP contribution in [0.25, 0.3) is 11.3 Å². The average molecular weight is 279 g/mol. The van der Waals surface area contributed by atoms with Crippen molar-refractivity contribution in [1.29, 1.82) is 5.26 Å². The lowest BCUT2D eigenvalue weighted by atomic mass is 10.1. The number of rotatable bonds is 2. The van der Waals surface area contributed by atoms with Crippen LogP contribution in [0.3, 0.4) is 0 Å². The topological polar surface area (TPSA) is 49.8 Å². The Morgan fingerprint density at radius 3 is 2.67 bits per heavy atom. The van der Waals surface area contributed by atoms with Crippen LogP contribution in [0.15, 0.2) is 35.7 Å². The summed E-state index contributed by atoms with van der Waals surface area (Å²) in [5, 5.41) is 11.2. The molecule has 1 heterocycles. The monoisotopic (exact) mass is 278 g/mol. The molecule has 0 saturated carbocycles. The molecule has 0 unspecified atom stereocenters. The number of nitrogens with two attached hydrogens (primary N) is 1. The second-order valence-electron chi connectivity index (χ2n) is 3.47. The molecule has 2 rings (SSSR count). The van der Waals surface area contributed by atoms with E-state index in [-0.39, 0.29) is 21.9 Å². The normalized spacial score (nSPS) is 11.8. The molecular weight excluding hydrogens is 271 g/mol. The highest BCUT2D eigenvalue weighted by molar-refractivity contribution is 7.11. The fourth-order valence-electron chi connectivity index (χ4n) is 1.55. The molecule has 0 spiro atoms. The predicted molar refractivity (Wildman–Crippen MR) is 72.3 cm³/mol. The molecular formula is C13H8ClFN2S. The highest BCUT2D eigenvalue weighted by Gasteiger charge is 2.15. The van der Waals surface area contributed by atoms with E-state index in [1.165, 1.54) is 29.5 Å². The molecule has 0 saturated heterocycles. The molecule has 1 aromatic heterocycles. The number of halogens is 2. The minimum atomic E-state index is -0.538. The van der Waals surface area contributed by atoms with Crippen molar-refractivity contribution < 1.29 is 4.39 Å². The standard InChI is InChI=1S/C13H8ClFN2S/c14-9-3-1-4-10(15)12(9)13(17)8(7-16)11-5-2-6-18-11/h1-6H,17H2/b13-8-. The summed E-state index contributed by atoms with van der Waals surface area (Å²) >= 11 is 7.29. The molecule has 0 bridgehead atoms. The summed E-state index contributed by atoms with van der Waals surface area (Å²) in [6, 6.07) is 9.84. The van der Waals surface area contributed by atoms with Gasteiger partial charge in [0.25, 0.3) is 0 Å². The smallest absolute Gasteiger partial charge is 0.134 e. The van der Waals surface area contributed by atoms with Crippen molar-refractivity contribution in [2.24, 2.45) is 5.73 Å². The Labute approximate surface area is 113 Å². The highest BCUT2D eigenvalue weighted by atomic mass is 35.5. The number of thiophene rings is 1. The first kappa shape index (κ1) is 12.6. The van der Waals surface area contributed by atoms with Crippen molar-refractivity contribution in [3.63, 3.8) is 0 Å². The van der Waals surface area contributed by atoms with Gasteiger partial charge in [-0.05, 0) is 23.6 Å². The van der Waals surface area contributed by atoms with Crippen molar-refractivity contribution in [1.82, 2.24) is 0 Å². The summed E-state index contributed by atoms with van der Waals surface area (Å²) < 4.78 is 13.7. The molecule has 0 radical (unpaired) electrons. The van der Waals surface area contributed by atoms with Gasteiger partial charge in [0.15, 0.2) is 0 Å². The Morgan fingerprint density at radius 2 is 2.11 bits per heavy atom.